The topological polar surface area (TPSA) is 169 Å². The molecule has 5 aliphatic heterocycles. The van der Waals surface area contributed by atoms with Gasteiger partial charge in [0.2, 0.25) is 11.8 Å². The maximum absolute atomic E-state index is 13.2. The number of hydrogen-bond acceptors (Lipinski definition) is 10. The normalized spacial score (nSPS) is 21.6. The number of nitrogens with one attached hydrogen (secondary N) is 1. The fraction of sp³-hybridized carbons (Fsp3) is 0.439. The maximum Gasteiger partial charge on any atom is 0.320 e. The number of fused-ring (bicyclic) bond motifs is 1. The van der Waals surface area contributed by atoms with Crippen molar-refractivity contribution in [3.8, 4) is 11.8 Å². The molecule has 8 rings (SSSR count). The minimum absolute atomic E-state index is 0.0686. The molecule has 2 aromatic carbocycles. The Kier molecular flexibility index (Phi) is 10.3. The van der Waals surface area contributed by atoms with E-state index >= 15 is 0 Å². The van der Waals surface area contributed by atoms with E-state index in [0.29, 0.717) is 49.6 Å². The van der Waals surface area contributed by atoms with Crippen molar-refractivity contribution in [2.24, 2.45) is 5.73 Å². The van der Waals surface area contributed by atoms with Crippen LogP contribution in [0.25, 0.3) is 0 Å². The number of rotatable bonds is 8. The molecule has 3 aromatic rings. The van der Waals surface area contributed by atoms with Crippen LogP contribution in [-0.4, -0.2) is 137 Å². The van der Waals surface area contributed by atoms with Crippen LogP contribution in [0.15, 0.2) is 48.7 Å². The second-order valence-corrected chi connectivity index (χ2v) is 15.2. The van der Waals surface area contributed by atoms with E-state index in [4.69, 9.17) is 10.7 Å². The number of likely N-dealkylation sites (N-methyl/N-ethyl adjacent to an activating group) is 1. The van der Waals surface area contributed by atoms with Gasteiger partial charge in [0.15, 0.2) is 0 Å². The summed E-state index contributed by atoms with van der Waals surface area (Å²) in [7, 11) is 1.83. The molecular formula is C41H46N10O5. The predicted molar refractivity (Wildman–Crippen MR) is 208 cm³/mol. The molecule has 290 valence electrons. The lowest BCUT2D eigenvalue weighted by Crippen LogP contribution is -2.52. The number of amides is 6. The fourth-order valence-corrected chi connectivity index (χ4v) is 8.39. The number of piperidine rings is 2. The van der Waals surface area contributed by atoms with E-state index in [9.17, 15) is 24.0 Å². The molecule has 6 heterocycles. The molecular weight excluding hydrogens is 713 g/mol. The lowest BCUT2D eigenvalue weighted by atomic mass is 10.0. The first kappa shape index (κ1) is 36.9. The number of urea groups is 1. The summed E-state index contributed by atoms with van der Waals surface area (Å²) in [5, 5.41) is 2.34. The number of carbonyl (C=O) groups excluding carboxylic acids is 5. The summed E-state index contributed by atoms with van der Waals surface area (Å²) in [6.07, 6.45) is 4.47. The van der Waals surface area contributed by atoms with Gasteiger partial charge >= 0.3 is 6.03 Å². The summed E-state index contributed by atoms with van der Waals surface area (Å²) in [4.78, 5) is 83.5. The van der Waals surface area contributed by atoms with Gasteiger partial charge in [-0.3, -0.25) is 29.4 Å². The quantitative estimate of drug-likeness (QED) is 0.254. The number of nitrogens with two attached hydrogens (primary N) is 1. The van der Waals surface area contributed by atoms with Crippen LogP contribution in [0.4, 0.5) is 16.3 Å². The first-order valence-electron chi connectivity index (χ1n) is 19.4. The highest BCUT2D eigenvalue weighted by Crippen LogP contribution is 2.29. The van der Waals surface area contributed by atoms with Crippen LogP contribution in [0.1, 0.15) is 68.9 Å². The molecule has 0 bridgehead atoms. The summed E-state index contributed by atoms with van der Waals surface area (Å²) < 4.78 is 0. The fourth-order valence-electron chi connectivity index (χ4n) is 8.39. The second-order valence-electron chi connectivity index (χ2n) is 15.2. The molecule has 5 aliphatic rings. The highest BCUT2D eigenvalue weighted by molar-refractivity contribution is 6.05. The number of hydrogen-bond donors (Lipinski definition) is 2. The van der Waals surface area contributed by atoms with Crippen LogP contribution < -0.4 is 20.9 Å². The average Bonchev–Trinajstić information content (AvgIpc) is 3.71. The van der Waals surface area contributed by atoms with Crippen LogP contribution in [0.5, 0.6) is 0 Å². The van der Waals surface area contributed by atoms with E-state index < -0.39 is 17.9 Å². The van der Waals surface area contributed by atoms with Crippen LogP contribution in [0.2, 0.25) is 0 Å². The number of piperazine rings is 1. The monoisotopic (exact) mass is 758 g/mol. The van der Waals surface area contributed by atoms with Crippen molar-refractivity contribution in [3.05, 3.63) is 82.3 Å². The second kappa shape index (κ2) is 15.6. The largest absolute Gasteiger partial charge is 0.369 e. The van der Waals surface area contributed by atoms with Gasteiger partial charge in [-0.25, -0.2) is 14.8 Å². The van der Waals surface area contributed by atoms with Gasteiger partial charge in [-0.1, -0.05) is 30.0 Å². The van der Waals surface area contributed by atoms with Gasteiger partial charge < -0.3 is 30.2 Å². The van der Waals surface area contributed by atoms with Crippen molar-refractivity contribution in [3.63, 3.8) is 0 Å². The van der Waals surface area contributed by atoms with E-state index in [1.165, 1.54) is 0 Å². The Labute approximate surface area is 325 Å². The smallest absolute Gasteiger partial charge is 0.320 e. The van der Waals surface area contributed by atoms with Crippen LogP contribution in [0.3, 0.4) is 0 Å². The Bertz CT molecular complexity index is 2120. The third-order valence-electron chi connectivity index (χ3n) is 11.6. The number of anilines is 2. The van der Waals surface area contributed by atoms with Crippen LogP contribution >= 0.6 is 0 Å². The molecule has 0 aliphatic carbocycles. The van der Waals surface area contributed by atoms with Crippen molar-refractivity contribution < 1.29 is 24.0 Å². The van der Waals surface area contributed by atoms with Gasteiger partial charge in [0.1, 0.15) is 17.6 Å². The Morgan fingerprint density at radius 3 is 2.46 bits per heavy atom. The Hall–Kier alpha value is -6.01. The molecule has 1 aromatic heterocycles. The van der Waals surface area contributed by atoms with Gasteiger partial charge in [0.25, 0.3) is 11.8 Å². The third-order valence-corrected chi connectivity index (χ3v) is 11.6. The Morgan fingerprint density at radius 2 is 1.73 bits per heavy atom. The number of carbonyl (C=O) groups is 5. The van der Waals surface area contributed by atoms with Gasteiger partial charge in [0.05, 0.1) is 24.5 Å². The van der Waals surface area contributed by atoms with Gasteiger partial charge in [-0.15, -0.1) is 0 Å². The molecule has 2 atom stereocenters. The summed E-state index contributed by atoms with van der Waals surface area (Å²) in [5.74, 6) is 5.65. The Balaban J connectivity index is 0.844. The number of primary amides is 1. The predicted octanol–water partition coefficient (Wildman–Crippen LogP) is 1.44. The van der Waals surface area contributed by atoms with Crippen molar-refractivity contribution in [1.82, 2.24) is 34.9 Å². The summed E-state index contributed by atoms with van der Waals surface area (Å²) in [6, 6.07) is 13.5. The van der Waals surface area contributed by atoms with Gasteiger partial charge in [-0.05, 0) is 54.7 Å². The zero-order valence-electron chi connectivity index (χ0n) is 31.6. The van der Waals surface area contributed by atoms with Crippen molar-refractivity contribution in [2.45, 2.75) is 50.7 Å². The molecule has 15 heteroatoms. The average molecular weight is 759 g/mol. The molecule has 1 unspecified atom stereocenters. The third kappa shape index (κ3) is 7.61. The molecule has 3 N–H and O–H groups in total. The van der Waals surface area contributed by atoms with Crippen molar-refractivity contribution in [2.75, 3.05) is 75.8 Å². The van der Waals surface area contributed by atoms with E-state index in [1.807, 2.05) is 24.1 Å². The zero-order chi connectivity index (χ0) is 38.9. The SMILES string of the molecule is CN1CCN([C@H]2CCCN(c3cnc(C(N)=O)c(Cc4ccc(N5CCN(CC#Cc6ccc7c(c6)C(=O)N(C6CCC(=O)NC6=O)C7)CC5)cc4)n3)C2)C1=O. The number of benzene rings is 2. The molecule has 0 saturated carbocycles. The lowest BCUT2D eigenvalue weighted by molar-refractivity contribution is -0.136. The minimum Gasteiger partial charge on any atom is -0.369 e. The van der Waals surface area contributed by atoms with Crippen molar-refractivity contribution in [1.29, 1.82) is 0 Å². The highest BCUT2D eigenvalue weighted by atomic mass is 16.2. The molecule has 0 radical (unpaired) electrons. The molecule has 4 saturated heterocycles. The maximum atomic E-state index is 13.2. The summed E-state index contributed by atoms with van der Waals surface area (Å²) >= 11 is 0. The first-order chi connectivity index (χ1) is 27.1. The summed E-state index contributed by atoms with van der Waals surface area (Å²) in [6.45, 7) is 7.29. The first-order valence-corrected chi connectivity index (χ1v) is 19.4. The molecule has 6 amide bonds. The minimum atomic E-state index is -0.634. The molecule has 0 spiro atoms. The molecule has 4 fully saturated rings. The Morgan fingerprint density at radius 1 is 0.929 bits per heavy atom. The van der Waals surface area contributed by atoms with Gasteiger partial charge in [0, 0.05) is 95.6 Å². The van der Waals surface area contributed by atoms with Crippen LogP contribution in [0, 0.1) is 11.8 Å². The molecule has 15 nitrogen and oxygen atoms in total. The standard InChI is InChI=1S/C41H46N10O5/c1-46-16-21-50(41(46)56)31-5-3-15-49(26-31)35-24-43-37(38(42)53)33(44-35)23-28-7-10-30(11-8-28)48-19-17-47(18-20-48)14-2-4-27-6-9-29-25-51(40(55)32(29)22-27)34-12-13-36(52)45-39(34)54/h6-11,22,24,31,34H,3,5,12-21,23,25-26H2,1H3,(H2,42,53)(H,45,52,54)/t31-,34?/m0/s1. The zero-order valence-corrected chi connectivity index (χ0v) is 31.6. The van der Waals surface area contributed by atoms with Crippen molar-refractivity contribution >= 4 is 41.2 Å². The highest BCUT2D eigenvalue weighted by Gasteiger charge is 2.39. The van der Waals surface area contributed by atoms with Gasteiger partial charge in [-0.2, -0.15) is 0 Å². The van der Waals surface area contributed by atoms with E-state index in [2.05, 4.69) is 61.1 Å². The summed E-state index contributed by atoms with van der Waals surface area (Å²) in [5.41, 5.74) is 10.7. The number of imide groups is 1. The van der Waals surface area contributed by atoms with Crippen LogP contribution in [-0.2, 0) is 22.6 Å². The van der Waals surface area contributed by atoms with E-state index in [-0.39, 0.29) is 36.0 Å². The van der Waals surface area contributed by atoms with E-state index in [1.54, 1.807) is 22.1 Å². The number of aromatic nitrogens is 2. The number of nitrogens with zero attached hydrogens (tertiary/aromatic N) is 8. The molecule has 56 heavy (non-hydrogen) atoms. The lowest BCUT2D eigenvalue weighted by Gasteiger charge is -2.37. The van der Waals surface area contributed by atoms with E-state index in [0.717, 1.165) is 81.0 Å².